The fourth-order valence-electron chi connectivity index (χ4n) is 3.56. The number of benzene rings is 1. The minimum absolute atomic E-state index is 0.0330. The van der Waals surface area contributed by atoms with E-state index in [2.05, 4.69) is 5.32 Å². The second-order valence-electron chi connectivity index (χ2n) is 6.37. The van der Waals surface area contributed by atoms with Gasteiger partial charge in [-0.2, -0.15) is 0 Å². The molecule has 2 aliphatic rings. The Labute approximate surface area is 129 Å². The highest BCUT2D eigenvalue weighted by atomic mass is 19.1. The van der Waals surface area contributed by atoms with Gasteiger partial charge in [0.1, 0.15) is 11.6 Å². The van der Waals surface area contributed by atoms with E-state index in [9.17, 15) is 13.6 Å². The molecule has 1 unspecified atom stereocenters. The lowest BCUT2D eigenvalue weighted by Crippen LogP contribution is -2.34. The topological polar surface area (TPSA) is 32.3 Å². The van der Waals surface area contributed by atoms with Crippen LogP contribution in [0.1, 0.15) is 54.4 Å². The molecule has 5 heteroatoms. The van der Waals surface area contributed by atoms with Crippen molar-refractivity contribution < 1.29 is 13.6 Å². The largest absolute Gasteiger partial charge is 0.336 e. The van der Waals surface area contributed by atoms with Gasteiger partial charge in [-0.1, -0.05) is 0 Å². The number of halogens is 2. The molecule has 2 aliphatic heterocycles. The van der Waals surface area contributed by atoms with Gasteiger partial charge >= 0.3 is 0 Å². The zero-order valence-corrected chi connectivity index (χ0v) is 12.9. The molecule has 120 valence electrons. The summed E-state index contributed by atoms with van der Waals surface area (Å²) in [5, 5.41) is 3.21. The van der Waals surface area contributed by atoms with Gasteiger partial charge in [-0.05, 0) is 69.3 Å². The first-order valence-corrected chi connectivity index (χ1v) is 8.08. The molecule has 22 heavy (non-hydrogen) atoms. The molecule has 0 aliphatic carbocycles. The van der Waals surface area contributed by atoms with Crippen LogP contribution >= 0.6 is 0 Å². The van der Waals surface area contributed by atoms with Crippen molar-refractivity contribution >= 4 is 5.91 Å². The molecule has 0 aromatic heterocycles. The number of carbonyl (C=O) groups excluding carboxylic acids is 1. The van der Waals surface area contributed by atoms with Crippen LogP contribution in [-0.4, -0.2) is 36.5 Å². The van der Waals surface area contributed by atoms with Crippen molar-refractivity contribution in [1.29, 1.82) is 0 Å². The highest BCUT2D eigenvalue weighted by Gasteiger charge is 2.29. The minimum atomic E-state index is -0.598. The molecule has 0 saturated carbocycles. The van der Waals surface area contributed by atoms with Crippen LogP contribution < -0.4 is 5.32 Å². The number of likely N-dealkylation sites (tertiary alicyclic amines) is 1. The average Bonchev–Trinajstić information content (AvgIpc) is 2.95. The molecule has 3 rings (SSSR count). The van der Waals surface area contributed by atoms with Crippen LogP contribution in [0.3, 0.4) is 0 Å². The molecule has 2 fully saturated rings. The van der Waals surface area contributed by atoms with Gasteiger partial charge in [-0.25, -0.2) is 8.78 Å². The molecule has 2 heterocycles. The molecule has 0 bridgehead atoms. The number of carbonyl (C=O) groups is 1. The van der Waals surface area contributed by atoms with E-state index in [0.717, 1.165) is 44.8 Å². The number of nitrogens with one attached hydrogen (secondary N) is 1. The van der Waals surface area contributed by atoms with Crippen molar-refractivity contribution in [3.8, 4) is 0 Å². The molecular weight excluding hydrogens is 286 g/mol. The third-order valence-electron chi connectivity index (χ3n) is 4.91. The lowest BCUT2D eigenvalue weighted by atomic mass is 9.89. The standard InChI is InChI=1S/C17H22F2N2O/c1-11-3-2-8-21(11)17(22)14-10-15(18)13(9-16(14)19)12-4-6-20-7-5-12/h9-12,20H,2-8H2,1H3. The number of hydrogen-bond acceptors (Lipinski definition) is 2. The smallest absolute Gasteiger partial charge is 0.257 e. The van der Waals surface area contributed by atoms with Crippen LogP contribution in [0.15, 0.2) is 12.1 Å². The summed E-state index contributed by atoms with van der Waals surface area (Å²) < 4.78 is 28.8. The van der Waals surface area contributed by atoms with Crippen LogP contribution in [0.2, 0.25) is 0 Å². The van der Waals surface area contributed by atoms with E-state index in [1.165, 1.54) is 6.07 Å². The summed E-state index contributed by atoms with van der Waals surface area (Å²) in [5.41, 5.74) is 0.272. The minimum Gasteiger partial charge on any atom is -0.336 e. The van der Waals surface area contributed by atoms with E-state index in [4.69, 9.17) is 0 Å². The third-order valence-corrected chi connectivity index (χ3v) is 4.91. The van der Waals surface area contributed by atoms with Gasteiger partial charge in [0.15, 0.2) is 0 Å². The summed E-state index contributed by atoms with van der Waals surface area (Å²) in [4.78, 5) is 14.1. The molecule has 0 radical (unpaired) electrons. The Kier molecular flexibility index (Phi) is 4.43. The van der Waals surface area contributed by atoms with E-state index in [0.29, 0.717) is 12.1 Å². The monoisotopic (exact) mass is 308 g/mol. The summed E-state index contributed by atoms with van der Waals surface area (Å²) in [5.74, 6) is -1.41. The summed E-state index contributed by atoms with van der Waals surface area (Å²) >= 11 is 0. The van der Waals surface area contributed by atoms with Crippen LogP contribution in [0.4, 0.5) is 8.78 Å². The SMILES string of the molecule is CC1CCCN1C(=O)c1cc(F)c(C2CCNCC2)cc1F. The zero-order valence-electron chi connectivity index (χ0n) is 12.9. The Balaban J connectivity index is 1.87. The summed E-state index contributed by atoms with van der Waals surface area (Å²) in [6, 6.07) is 2.43. The molecule has 3 nitrogen and oxygen atoms in total. The van der Waals surface area contributed by atoms with Crippen LogP contribution in [0.5, 0.6) is 0 Å². The average molecular weight is 308 g/mol. The predicted molar refractivity (Wildman–Crippen MR) is 80.9 cm³/mol. The Morgan fingerprint density at radius 2 is 1.91 bits per heavy atom. The normalized spacial score (nSPS) is 23.0. The molecule has 1 atom stereocenters. The van der Waals surface area contributed by atoms with E-state index in [1.807, 2.05) is 6.92 Å². The van der Waals surface area contributed by atoms with Gasteiger partial charge in [-0.15, -0.1) is 0 Å². The van der Waals surface area contributed by atoms with Crippen molar-refractivity contribution in [1.82, 2.24) is 10.2 Å². The number of piperidine rings is 1. The molecule has 1 amide bonds. The van der Waals surface area contributed by atoms with Crippen molar-refractivity contribution in [3.05, 3.63) is 34.9 Å². The van der Waals surface area contributed by atoms with E-state index in [-0.39, 0.29) is 17.5 Å². The Bertz CT molecular complexity index is 570. The van der Waals surface area contributed by atoms with Gasteiger partial charge in [0, 0.05) is 12.6 Å². The summed E-state index contributed by atoms with van der Waals surface area (Å²) in [6.45, 7) is 4.20. The first-order chi connectivity index (χ1) is 10.6. The molecular formula is C17H22F2N2O. The van der Waals surface area contributed by atoms with Crippen LogP contribution in [0, 0.1) is 11.6 Å². The Morgan fingerprint density at radius 1 is 1.18 bits per heavy atom. The Hall–Kier alpha value is -1.49. The summed E-state index contributed by atoms with van der Waals surface area (Å²) in [6.07, 6.45) is 3.44. The number of rotatable bonds is 2. The number of amides is 1. The lowest BCUT2D eigenvalue weighted by molar-refractivity contribution is 0.0742. The molecule has 0 spiro atoms. The highest BCUT2D eigenvalue weighted by molar-refractivity contribution is 5.95. The van der Waals surface area contributed by atoms with Crippen molar-refractivity contribution in [2.75, 3.05) is 19.6 Å². The number of nitrogens with zero attached hydrogens (tertiary/aromatic N) is 1. The highest BCUT2D eigenvalue weighted by Crippen LogP contribution is 2.30. The zero-order chi connectivity index (χ0) is 15.7. The first-order valence-electron chi connectivity index (χ1n) is 8.08. The van der Waals surface area contributed by atoms with E-state index < -0.39 is 17.5 Å². The van der Waals surface area contributed by atoms with Gasteiger partial charge in [0.05, 0.1) is 5.56 Å². The molecule has 1 aromatic carbocycles. The van der Waals surface area contributed by atoms with E-state index in [1.54, 1.807) is 4.90 Å². The van der Waals surface area contributed by atoms with Crippen LogP contribution in [-0.2, 0) is 0 Å². The second-order valence-corrected chi connectivity index (χ2v) is 6.37. The molecule has 1 N–H and O–H groups in total. The fraction of sp³-hybridized carbons (Fsp3) is 0.588. The quantitative estimate of drug-likeness (QED) is 0.911. The van der Waals surface area contributed by atoms with Gasteiger partial charge in [0.25, 0.3) is 5.91 Å². The molecule has 2 saturated heterocycles. The predicted octanol–water partition coefficient (Wildman–Crippen LogP) is 3.06. The first kappa shape index (κ1) is 15.4. The van der Waals surface area contributed by atoms with Gasteiger partial charge < -0.3 is 10.2 Å². The maximum absolute atomic E-state index is 14.4. The van der Waals surface area contributed by atoms with Gasteiger partial charge in [0.2, 0.25) is 0 Å². The maximum Gasteiger partial charge on any atom is 0.257 e. The second kappa shape index (κ2) is 6.32. The molecule has 1 aromatic rings. The van der Waals surface area contributed by atoms with Gasteiger partial charge in [-0.3, -0.25) is 4.79 Å². The van der Waals surface area contributed by atoms with Crippen molar-refractivity contribution in [2.45, 2.75) is 44.6 Å². The third kappa shape index (κ3) is 2.86. The maximum atomic E-state index is 14.4. The number of hydrogen-bond donors (Lipinski definition) is 1. The summed E-state index contributed by atoms with van der Waals surface area (Å²) in [7, 11) is 0. The Morgan fingerprint density at radius 3 is 2.55 bits per heavy atom. The fourth-order valence-corrected chi connectivity index (χ4v) is 3.56. The van der Waals surface area contributed by atoms with E-state index >= 15 is 0 Å². The van der Waals surface area contributed by atoms with Crippen molar-refractivity contribution in [2.24, 2.45) is 0 Å². The van der Waals surface area contributed by atoms with Crippen LogP contribution in [0.25, 0.3) is 0 Å². The van der Waals surface area contributed by atoms with Crippen molar-refractivity contribution in [3.63, 3.8) is 0 Å². The lowest BCUT2D eigenvalue weighted by Gasteiger charge is -2.25.